The number of carbonyl (C=O) groups is 5. The van der Waals surface area contributed by atoms with Gasteiger partial charge in [0.15, 0.2) is 0 Å². The molecule has 0 radical (unpaired) electrons. The number of nitrogens with two attached hydrogens (primary N) is 1. The maximum atomic E-state index is 13.8. The zero-order valence-corrected chi connectivity index (χ0v) is 41.3. The predicted octanol–water partition coefficient (Wildman–Crippen LogP) is 7.75. The van der Waals surface area contributed by atoms with Gasteiger partial charge < -0.3 is 40.7 Å². The van der Waals surface area contributed by atoms with E-state index in [1.807, 2.05) is 66.7 Å². The predicted molar refractivity (Wildman–Crippen MR) is 275 cm³/mol. The second kappa shape index (κ2) is 20.4. The molecule has 5 fully saturated rings. The summed E-state index contributed by atoms with van der Waals surface area (Å²) in [4.78, 5) is 76.4. The first-order valence-electron chi connectivity index (χ1n) is 26.6. The van der Waals surface area contributed by atoms with Gasteiger partial charge in [-0.3, -0.25) is 24.1 Å². The number of aromatic nitrogens is 2. The number of piperidine rings is 5. The minimum atomic E-state index is -0.811. The van der Waals surface area contributed by atoms with Gasteiger partial charge >= 0.3 is 6.03 Å². The molecule has 2 atom stereocenters. The molecule has 4 aromatic rings. The van der Waals surface area contributed by atoms with E-state index in [4.69, 9.17) is 15.6 Å². The molecular weight excluding hydrogens is 909 g/mol. The lowest BCUT2D eigenvalue weighted by atomic mass is 9.82. The number of allylic oxidation sites excluding steroid dienone is 1. The molecule has 8 heterocycles. The summed E-state index contributed by atoms with van der Waals surface area (Å²) in [5.41, 5.74) is 10.2. The van der Waals surface area contributed by atoms with Crippen molar-refractivity contribution in [2.24, 2.45) is 29.4 Å². The van der Waals surface area contributed by atoms with Gasteiger partial charge in [0.05, 0.1) is 17.2 Å². The zero-order valence-electron chi connectivity index (χ0n) is 41.3. The van der Waals surface area contributed by atoms with Gasteiger partial charge in [0, 0.05) is 69.3 Å². The number of amides is 6. The molecule has 1 aromatic heterocycles. The number of hydrogen-bond donors (Lipinski definition) is 3. The van der Waals surface area contributed by atoms with Crippen LogP contribution < -0.4 is 26.0 Å². The van der Waals surface area contributed by atoms with E-state index < -0.39 is 23.8 Å². The Balaban J connectivity index is 0.601. The number of nitrogens with zero attached hydrogens (tertiary/aromatic N) is 7. The second-order valence-corrected chi connectivity index (χ2v) is 21.4. The number of ether oxygens (including phenoxy) is 1. The number of imide groups is 1. The van der Waals surface area contributed by atoms with Crippen molar-refractivity contribution in [3.63, 3.8) is 0 Å². The van der Waals surface area contributed by atoms with Gasteiger partial charge in [-0.25, -0.2) is 9.48 Å². The first-order valence-corrected chi connectivity index (χ1v) is 26.6. The quantitative estimate of drug-likeness (QED) is 0.126. The van der Waals surface area contributed by atoms with Crippen molar-refractivity contribution in [2.45, 2.75) is 89.1 Å². The largest absolute Gasteiger partial charge is 0.457 e. The van der Waals surface area contributed by atoms with Crippen molar-refractivity contribution in [1.29, 1.82) is 0 Å². The standard InChI is InChI=1S/C56H68N10O6/c1-36-7-14-48(53(68)59-36)65-54(69)45-13-10-42(34-46(45)55(65)70)62-27-16-37(17-28-62)33-38-18-29-63(30-19-38)56(71)64-31-20-39(21-32-64)35-61-25-22-40(23-26-61)47-15-24-58-52-49(51(57)67)50(60-66(47)52)41-8-11-44(12-9-41)72-43-5-3-2-4-6-43/h2-6,8-13,34,37-40,47-48,58H,1,7,14-33,35H2,(H2,57,67)(H,59,68)/t47-,48?/m0/s1. The number of primary amides is 1. The number of nitrogens with one attached hydrogen (secondary N) is 2. The molecular formula is C56H68N10O6. The normalized spacial score (nSPS) is 22.9. The number of para-hydroxylation sites is 1. The van der Waals surface area contributed by atoms with Crippen molar-refractivity contribution < 1.29 is 28.7 Å². The van der Waals surface area contributed by atoms with E-state index in [-0.39, 0.29) is 18.0 Å². The van der Waals surface area contributed by atoms with Crippen LogP contribution in [0.2, 0.25) is 0 Å². The van der Waals surface area contributed by atoms with Crippen LogP contribution in [-0.2, 0) is 4.79 Å². The summed E-state index contributed by atoms with van der Waals surface area (Å²) >= 11 is 0. The fourth-order valence-corrected chi connectivity index (χ4v) is 12.9. The molecule has 7 aliphatic rings. The Labute approximate surface area is 421 Å². The molecule has 72 heavy (non-hydrogen) atoms. The van der Waals surface area contributed by atoms with E-state index in [0.717, 1.165) is 151 Å². The number of likely N-dealkylation sites (tertiary alicyclic amines) is 3. The minimum absolute atomic E-state index is 0.190. The smallest absolute Gasteiger partial charge is 0.319 e. The van der Waals surface area contributed by atoms with Crippen LogP contribution >= 0.6 is 0 Å². The maximum absolute atomic E-state index is 13.8. The highest BCUT2D eigenvalue weighted by molar-refractivity contribution is 6.23. The third-order valence-electron chi connectivity index (χ3n) is 17.0. The number of carbonyl (C=O) groups excluding carboxylic acids is 5. The highest BCUT2D eigenvalue weighted by Crippen LogP contribution is 2.41. The van der Waals surface area contributed by atoms with Gasteiger partial charge in [0.2, 0.25) is 5.91 Å². The molecule has 11 rings (SSSR count). The minimum Gasteiger partial charge on any atom is -0.457 e. The molecule has 6 amide bonds. The molecule has 3 aromatic carbocycles. The Bertz CT molecular complexity index is 2690. The van der Waals surface area contributed by atoms with Crippen molar-refractivity contribution >= 4 is 41.2 Å². The van der Waals surface area contributed by atoms with Gasteiger partial charge in [0.25, 0.3) is 17.7 Å². The first kappa shape index (κ1) is 47.6. The first-order chi connectivity index (χ1) is 35.0. The lowest BCUT2D eigenvalue weighted by Crippen LogP contribution is -2.51. The monoisotopic (exact) mass is 977 g/mol. The van der Waals surface area contributed by atoms with Crippen molar-refractivity contribution in [1.82, 2.24) is 34.7 Å². The number of hydrogen-bond acceptors (Lipinski definition) is 10. The molecule has 7 aliphatic heterocycles. The zero-order chi connectivity index (χ0) is 49.5. The average Bonchev–Trinajstić information content (AvgIpc) is 3.92. The van der Waals surface area contributed by atoms with Gasteiger partial charge in [0.1, 0.15) is 34.6 Å². The highest BCUT2D eigenvalue weighted by Gasteiger charge is 2.44. The molecule has 0 spiro atoms. The third kappa shape index (κ3) is 9.69. The summed E-state index contributed by atoms with van der Waals surface area (Å²) in [5, 5.41) is 11.2. The van der Waals surface area contributed by atoms with E-state index >= 15 is 0 Å². The number of benzene rings is 3. The van der Waals surface area contributed by atoms with Gasteiger partial charge in [-0.15, -0.1) is 0 Å². The molecule has 16 nitrogen and oxygen atoms in total. The lowest BCUT2D eigenvalue weighted by molar-refractivity contribution is -0.125. The molecule has 1 unspecified atom stereocenters. The SMILES string of the molecule is C=C1CCC(N2C(=O)c3ccc(N4CCC(CC5CCN(C(=O)N6CCC(CN7CCC([C@@H]8CCNc9c(C(N)=O)c(-c%10ccc(Oc%11ccccc%11)cc%10)nn98)CC7)CC6)CC5)CC4)cc3C2=O)C(=O)N1. The number of fused-ring (bicyclic) bond motifs is 2. The van der Waals surface area contributed by atoms with E-state index in [0.29, 0.717) is 70.3 Å². The number of anilines is 2. The Kier molecular flexibility index (Phi) is 13.5. The Morgan fingerprint density at radius 1 is 0.708 bits per heavy atom. The lowest BCUT2D eigenvalue weighted by Gasteiger charge is -2.42. The molecule has 378 valence electrons. The van der Waals surface area contributed by atoms with Crippen LogP contribution in [0.4, 0.5) is 16.3 Å². The van der Waals surface area contributed by atoms with Gasteiger partial charge in [-0.05, 0) is 168 Å². The topological polar surface area (TPSA) is 179 Å². The van der Waals surface area contributed by atoms with E-state index in [2.05, 4.69) is 41.5 Å². The number of rotatable bonds is 11. The summed E-state index contributed by atoms with van der Waals surface area (Å²) in [5.74, 6) is 2.84. The number of urea groups is 1. The fraction of sp³-hybridized carbons (Fsp3) is 0.500. The molecule has 16 heteroatoms. The Morgan fingerprint density at radius 2 is 1.35 bits per heavy atom. The van der Waals surface area contributed by atoms with Crippen LogP contribution in [0.15, 0.2) is 85.1 Å². The molecule has 0 bridgehead atoms. The van der Waals surface area contributed by atoms with E-state index in [9.17, 15) is 24.0 Å². The van der Waals surface area contributed by atoms with E-state index in [1.165, 1.54) is 6.42 Å². The van der Waals surface area contributed by atoms with Crippen LogP contribution in [0.1, 0.15) is 114 Å². The van der Waals surface area contributed by atoms with Gasteiger partial charge in [-0.1, -0.05) is 24.8 Å². The van der Waals surface area contributed by atoms with Crippen LogP contribution in [0.5, 0.6) is 11.5 Å². The highest BCUT2D eigenvalue weighted by atomic mass is 16.5. The second-order valence-electron chi connectivity index (χ2n) is 21.4. The average molecular weight is 977 g/mol. The summed E-state index contributed by atoms with van der Waals surface area (Å²) < 4.78 is 8.06. The molecule has 4 N–H and O–H groups in total. The molecule has 0 saturated carbocycles. The van der Waals surface area contributed by atoms with Crippen LogP contribution in [0.3, 0.4) is 0 Å². The molecule has 5 saturated heterocycles. The van der Waals surface area contributed by atoms with Crippen LogP contribution in [0, 0.1) is 23.7 Å². The molecule has 0 aliphatic carbocycles. The fourth-order valence-electron chi connectivity index (χ4n) is 12.9. The van der Waals surface area contributed by atoms with Crippen molar-refractivity contribution in [3.8, 4) is 22.8 Å². The van der Waals surface area contributed by atoms with E-state index in [1.54, 1.807) is 6.07 Å². The summed E-state index contributed by atoms with van der Waals surface area (Å²) in [6.07, 6.45) is 11.5. The Hall–Kier alpha value is -6.68. The summed E-state index contributed by atoms with van der Waals surface area (Å²) in [6, 6.07) is 22.4. The van der Waals surface area contributed by atoms with Crippen LogP contribution in [0.25, 0.3) is 11.3 Å². The maximum Gasteiger partial charge on any atom is 0.319 e. The van der Waals surface area contributed by atoms with Gasteiger partial charge in [-0.2, -0.15) is 5.10 Å². The third-order valence-corrected chi connectivity index (χ3v) is 17.0. The summed E-state index contributed by atoms with van der Waals surface area (Å²) in [7, 11) is 0. The Morgan fingerprint density at radius 3 is 2.01 bits per heavy atom. The van der Waals surface area contributed by atoms with Crippen LogP contribution in [-0.4, -0.2) is 131 Å². The van der Waals surface area contributed by atoms with Crippen molar-refractivity contribution in [2.75, 3.05) is 75.7 Å². The summed E-state index contributed by atoms with van der Waals surface area (Å²) in [6.45, 7) is 12.8. The van der Waals surface area contributed by atoms with Crippen molar-refractivity contribution in [3.05, 3.63) is 102 Å².